The minimum Gasteiger partial charge on any atom is -0.322 e. The van der Waals surface area contributed by atoms with Crippen LogP contribution >= 0.6 is 11.3 Å². The van der Waals surface area contributed by atoms with Crippen molar-refractivity contribution in [3.8, 4) is 0 Å². The summed E-state index contributed by atoms with van der Waals surface area (Å²) in [5.41, 5.74) is 6.42. The molecule has 2 nitrogen and oxygen atoms in total. The van der Waals surface area contributed by atoms with E-state index in [9.17, 15) is 0 Å². The molecule has 1 aromatic heterocycles. The molecular formula is C10H16N2S. The molecule has 0 radical (unpaired) electrons. The highest BCUT2D eigenvalue weighted by Gasteiger charge is 2.36. The fourth-order valence-corrected chi connectivity index (χ4v) is 2.05. The van der Waals surface area contributed by atoms with Gasteiger partial charge in [-0.1, -0.05) is 6.07 Å². The van der Waals surface area contributed by atoms with Crippen molar-refractivity contribution in [2.24, 2.45) is 5.73 Å². The summed E-state index contributed by atoms with van der Waals surface area (Å²) in [6.45, 7) is 3.16. The topological polar surface area (TPSA) is 38.0 Å². The largest absolute Gasteiger partial charge is 0.322 e. The van der Waals surface area contributed by atoms with Crippen LogP contribution in [0.15, 0.2) is 17.5 Å². The molecule has 13 heavy (non-hydrogen) atoms. The van der Waals surface area contributed by atoms with Crippen LogP contribution in [0.25, 0.3) is 0 Å². The summed E-state index contributed by atoms with van der Waals surface area (Å²) in [7, 11) is 0. The van der Waals surface area contributed by atoms with Gasteiger partial charge in [0, 0.05) is 17.0 Å². The Morgan fingerprint density at radius 1 is 1.69 bits per heavy atom. The van der Waals surface area contributed by atoms with Crippen LogP contribution in [-0.2, 0) is 0 Å². The first kappa shape index (κ1) is 9.19. The van der Waals surface area contributed by atoms with Gasteiger partial charge in [-0.05, 0) is 31.2 Å². The fourth-order valence-electron chi connectivity index (χ4n) is 1.32. The Balaban J connectivity index is 1.82. The summed E-state index contributed by atoms with van der Waals surface area (Å²) in [6.07, 6.45) is 2.59. The van der Waals surface area contributed by atoms with Crippen LogP contribution < -0.4 is 11.1 Å². The molecule has 3 heteroatoms. The minimum atomic E-state index is 0.164. The van der Waals surface area contributed by atoms with Gasteiger partial charge in [0.15, 0.2) is 0 Å². The number of hydrogen-bond acceptors (Lipinski definition) is 3. The molecule has 1 aromatic rings. The lowest BCUT2D eigenvalue weighted by Crippen LogP contribution is -2.34. The van der Waals surface area contributed by atoms with Gasteiger partial charge >= 0.3 is 0 Å². The Labute approximate surface area is 83.1 Å². The number of rotatable bonds is 4. The average Bonchev–Trinajstić information content (AvgIpc) is 2.69. The van der Waals surface area contributed by atoms with Crippen molar-refractivity contribution in [1.29, 1.82) is 0 Å². The second-order valence-corrected chi connectivity index (χ2v) is 5.04. The Kier molecular flexibility index (Phi) is 2.41. The highest BCUT2D eigenvalue weighted by molar-refractivity contribution is 7.10. The Morgan fingerprint density at radius 2 is 2.46 bits per heavy atom. The van der Waals surface area contributed by atoms with E-state index in [-0.39, 0.29) is 6.04 Å². The van der Waals surface area contributed by atoms with Gasteiger partial charge < -0.3 is 11.1 Å². The number of thiophene rings is 1. The molecule has 3 N–H and O–H groups in total. The molecule has 1 heterocycles. The molecule has 1 aliphatic rings. The van der Waals surface area contributed by atoms with Crippen LogP contribution in [-0.4, -0.2) is 12.1 Å². The van der Waals surface area contributed by atoms with Gasteiger partial charge in [-0.2, -0.15) is 0 Å². The quantitative estimate of drug-likeness (QED) is 0.771. The molecule has 0 bridgehead atoms. The van der Waals surface area contributed by atoms with E-state index in [1.807, 2.05) is 0 Å². The van der Waals surface area contributed by atoms with Crippen LogP contribution in [0.1, 0.15) is 30.7 Å². The zero-order valence-electron chi connectivity index (χ0n) is 7.92. The predicted octanol–water partition coefficient (Wildman–Crippen LogP) is 1.89. The molecule has 0 aromatic carbocycles. The summed E-state index contributed by atoms with van der Waals surface area (Å²) in [5.74, 6) is 0. The first-order chi connectivity index (χ1) is 6.20. The lowest BCUT2D eigenvalue weighted by molar-refractivity contribution is 0.503. The molecule has 1 aliphatic carbocycles. The highest BCUT2D eigenvalue weighted by Crippen LogP contribution is 2.34. The third-order valence-corrected chi connectivity index (χ3v) is 3.66. The Hall–Kier alpha value is -0.380. The Morgan fingerprint density at radius 3 is 3.00 bits per heavy atom. The molecule has 1 fully saturated rings. The van der Waals surface area contributed by atoms with Gasteiger partial charge in [0.2, 0.25) is 0 Å². The molecule has 0 aliphatic heterocycles. The zero-order chi connectivity index (χ0) is 9.31. The lowest BCUT2D eigenvalue weighted by Gasteiger charge is -2.15. The van der Waals surface area contributed by atoms with Gasteiger partial charge in [0.25, 0.3) is 0 Å². The number of nitrogens with one attached hydrogen (secondary N) is 1. The number of nitrogens with two attached hydrogens (primary N) is 1. The first-order valence-electron chi connectivity index (χ1n) is 4.74. The van der Waals surface area contributed by atoms with E-state index in [0.29, 0.717) is 5.54 Å². The van der Waals surface area contributed by atoms with Crippen LogP contribution in [0.5, 0.6) is 0 Å². The fraction of sp³-hybridized carbons (Fsp3) is 0.600. The summed E-state index contributed by atoms with van der Waals surface area (Å²) in [6, 6.07) is 4.32. The molecule has 2 rings (SSSR count). The highest BCUT2D eigenvalue weighted by atomic mass is 32.1. The summed E-state index contributed by atoms with van der Waals surface area (Å²) in [4.78, 5) is 1.27. The molecule has 1 saturated carbocycles. The van der Waals surface area contributed by atoms with Crippen molar-refractivity contribution in [3.63, 3.8) is 0 Å². The predicted molar refractivity (Wildman–Crippen MR) is 56.9 cm³/mol. The van der Waals surface area contributed by atoms with E-state index in [1.165, 1.54) is 17.7 Å². The summed E-state index contributed by atoms with van der Waals surface area (Å²) in [5, 5.41) is 5.58. The summed E-state index contributed by atoms with van der Waals surface area (Å²) < 4.78 is 0. The van der Waals surface area contributed by atoms with Crippen LogP contribution in [0.3, 0.4) is 0 Å². The van der Waals surface area contributed by atoms with Gasteiger partial charge in [0.05, 0.1) is 6.04 Å². The maximum absolute atomic E-state index is 6.02. The number of hydrogen-bond donors (Lipinski definition) is 2. The first-order valence-corrected chi connectivity index (χ1v) is 5.62. The van der Waals surface area contributed by atoms with Crippen molar-refractivity contribution in [2.45, 2.75) is 31.3 Å². The van der Waals surface area contributed by atoms with Crippen molar-refractivity contribution in [2.75, 3.05) is 6.54 Å². The van der Waals surface area contributed by atoms with Crippen LogP contribution in [0.4, 0.5) is 0 Å². The third kappa shape index (κ3) is 2.30. The van der Waals surface area contributed by atoms with Crippen LogP contribution in [0.2, 0.25) is 0 Å². The standard InChI is InChI=1S/C10H16N2S/c1-10(4-5-10)12-7-8(11)9-3-2-6-13-9/h2-3,6,8,12H,4-5,7,11H2,1H3. The van der Waals surface area contributed by atoms with E-state index in [4.69, 9.17) is 5.73 Å². The van der Waals surface area contributed by atoms with Gasteiger partial charge in [-0.25, -0.2) is 0 Å². The van der Waals surface area contributed by atoms with E-state index >= 15 is 0 Å². The summed E-state index contributed by atoms with van der Waals surface area (Å²) >= 11 is 1.74. The van der Waals surface area contributed by atoms with Crippen molar-refractivity contribution >= 4 is 11.3 Å². The molecule has 0 saturated heterocycles. The third-order valence-electron chi connectivity index (χ3n) is 2.66. The van der Waals surface area contributed by atoms with Crippen molar-refractivity contribution in [3.05, 3.63) is 22.4 Å². The monoisotopic (exact) mass is 196 g/mol. The molecule has 0 amide bonds. The van der Waals surface area contributed by atoms with Crippen LogP contribution in [0, 0.1) is 0 Å². The maximum atomic E-state index is 6.02. The van der Waals surface area contributed by atoms with Gasteiger partial charge in [0.1, 0.15) is 0 Å². The smallest absolute Gasteiger partial charge is 0.0516 e. The van der Waals surface area contributed by atoms with Gasteiger partial charge in [-0.3, -0.25) is 0 Å². The second-order valence-electron chi connectivity index (χ2n) is 4.06. The lowest BCUT2D eigenvalue weighted by atomic mass is 10.2. The molecule has 72 valence electrons. The Bertz CT molecular complexity index is 264. The van der Waals surface area contributed by atoms with Crippen molar-refractivity contribution < 1.29 is 0 Å². The second kappa shape index (κ2) is 3.40. The van der Waals surface area contributed by atoms with E-state index in [0.717, 1.165) is 6.54 Å². The molecular weight excluding hydrogens is 180 g/mol. The molecule has 1 atom stereocenters. The normalized spacial score (nSPS) is 21.4. The molecule has 0 spiro atoms. The SMILES string of the molecule is CC1(NCC(N)c2cccs2)CC1. The van der Waals surface area contributed by atoms with Gasteiger partial charge in [-0.15, -0.1) is 11.3 Å². The minimum absolute atomic E-state index is 0.164. The van der Waals surface area contributed by atoms with E-state index < -0.39 is 0 Å². The maximum Gasteiger partial charge on any atom is 0.0516 e. The molecule has 1 unspecified atom stereocenters. The van der Waals surface area contributed by atoms with E-state index in [2.05, 4.69) is 29.8 Å². The van der Waals surface area contributed by atoms with E-state index in [1.54, 1.807) is 11.3 Å². The van der Waals surface area contributed by atoms with Crippen molar-refractivity contribution in [1.82, 2.24) is 5.32 Å². The average molecular weight is 196 g/mol. The zero-order valence-corrected chi connectivity index (χ0v) is 8.73.